The van der Waals surface area contributed by atoms with Crippen molar-refractivity contribution in [2.45, 2.75) is 132 Å². The number of hydrogen-bond donors (Lipinski definition) is 1. The van der Waals surface area contributed by atoms with Crippen LogP contribution >= 0.6 is 0 Å². The number of rotatable bonds is 7. The minimum atomic E-state index is -0.961. The Labute approximate surface area is 253 Å². The number of aliphatic carboxylic acids is 1. The molecule has 0 saturated heterocycles. The first kappa shape index (κ1) is 31.6. The molecular formula is C36H56O6. The fraction of sp³-hybridized carbons (Fsp3) is 0.861. The molecule has 6 nitrogen and oxygen atoms in total. The third-order valence-corrected chi connectivity index (χ3v) is 14.6. The van der Waals surface area contributed by atoms with Crippen LogP contribution in [0, 0.1) is 56.7 Å². The lowest BCUT2D eigenvalue weighted by atomic mass is 9.32. The first-order valence-corrected chi connectivity index (χ1v) is 16.7. The maximum atomic E-state index is 12.6. The maximum absolute atomic E-state index is 12.6. The van der Waals surface area contributed by atoms with Crippen molar-refractivity contribution in [3.05, 3.63) is 12.2 Å². The monoisotopic (exact) mass is 584 g/mol. The van der Waals surface area contributed by atoms with E-state index in [-0.39, 0.29) is 58.0 Å². The van der Waals surface area contributed by atoms with Crippen LogP contribution in [0.15, 0.2) is 12.2 Å². The Kier molecular flexibility index (Phi) is 8.00. The summed E-state index contributed by atoms with van der Waals surface area (Å²) < 4.78 is 11.8. The highest BCUT2D eigenvalue weighted by molar-refractivity contribution is 5.76. The Hall–Kier alpha value is -1.85. The van der Waals surface area contributed by atoms with Gasteiger partial charge in [0.2, 0.25) is 0 Å². The van der Waals surface area contributed by atoms with E-state index in [1.54, 1.807) is 6.92 Å². The predicted molar refractivity (Wildman–Crippen MR) is 162 cm³/mol. The Bertz CT molecular complexity index is 1130. The molecule has 0 aromatic carbocycles. The van der Waals surface area contributed by atoms with Gasteiger partial charge >= 0.3 is 17.9 Å². The van der Waals surface area contributed by atoms with Gasteiger partial charge in [-0.2, -0.15) is 0 Å². The van der Waals surface area contributed by atoms with Crippen LogP contribution in [0.2, 0.25) is 0 Å². The van der Waals surface area contributed by atoms with Crippen LogP contribution in [-0.2, 0) is 23.9 Å². The van der Waals surface area contributed by atoms with Gasteiger partial charge in [0, 0.05) is 17.8 Å². The molecule has 0 heterocycles. The Morgan fingerprint density at radius 2 is 1.52 bits per heavy atom. The number of carboxylic acid groups (broad SMARTS) is 1. The van der Waals surface area contributed by atoms with E-state index in [1.165, 1.54) is 31.3 Å². The zero-order valence-corrected chi connectivity index (χ0v) is 27.4. The van der Waals surface area contributed by atoms with Crippen molar-refractivity contribution in [1.29, 1.82) is 0 Å². The minimum Gasteiger partial charge on any atom is -0.481 e. The number of fused-ring (bicyclic) bond motifs is 7. The largest absolute Gasteiger partial charge is 0.481 e. The molecule has 0 radical (unpaired) electrons. The van der Waals surface area contributed by atoms with E-state index in [9.17, 15) is 14.4 Å². The third-order valence-electron chi connectivity index (χ3n) is 14.6. The molecule has 0 amide bonds. The summed E-state index contributed by atoms with van der Waals surface area (Å²) >= 11 is 0. The fourth-order valence-electron chi connectivity index (χ4n) is 12.4. The topological polar surface area (TPSA) is 89.9 Å². The molecule has 5 saturated carbocycles. The first-order chi connectivity index (χ1) is 19.5. The van der Waals surface area contributed by atoms with Gasteiger partial charge < -0.3 is 14.6 Å². The number of esters is 2. The lowest BCUT2D eigenvalue weighted by Crippen LogP contribution is -2.67. The normalized spacial score (nSPS) is 45.4. The number of allylic oxidation sites excluding steroid dienone is 1. The molecule has 5 rings (SSSR count). The van der Waals surface area contributed by atoms with E-state index in [2.05, 4.69) is 48.1 Å². The summed E-state index contributed by atoms with van der Waals surface area (Å²) in [6, 6.07) is 0. The Morgan fingerprint density at radius 3 is 2.17 bits per heavy atom. The van der Waals surface area contributed by atoms with E-state index >= 15 is 0 Å². The molecule has 6 heteroatoms. The van der Waals surface area contributed by atoms with E-state index < -0.39 is 5.97 Å². The van der Waals surface area contributed by atoms with Crippen molar-refractivity contribution in [3.8, 4) is 0 Å². The van der Waals surface area contributed by atoms with Crippen LogP contribution in [0.3, 0.4) is 0 Å². The number of ether oxygens (including phenoxy) is 2. The zero-order chi connectivity index (χ0) is 30.9. The van der Waals surface area contributed by atoms with Gasteiger partial charge in [-0.3, -0.25) is 14.4 Å². The summed E-state index contributed by atoms with van der Waals surface area (Å²) in [6.07, 6.45) is 10.9. The standard InChI is InChI=1S/C36H56O6/c1-22(2)24-13-18-36(21-41-23(3)37)20-19-34(7)25(31(24)36)9-10-27-33(6)16-15-28(42-30(40)12-11-29(38)39)32(4,5)26(33)14-17-35(27,34)8/h24-28,31H,1,9-21H2,2-8H3,(H,38,39)/t24-,25-,26-,27+,28-,31+,33-,34+,35+,36-/m0/s1. The SMILES string of the molecule is C=C(C)[C@@H]1CC[C@@]2(COC(C)=O)CC[C@]3(C)[C@@H](CC[C@@H]4[C@@]5(C)CC[C@H](OC(=O)CCC(=O)O)C(C)(C)[C@@H]5CC[C@]43C)[C@@H]12. The highest BCUT2D eigenvalue weighted by Crippen LogP contribution is 2.77. The molecule has 5 aliphatic rings. The smallest absolute Gasteiger partial charge is 0.306 e. The molecule has 42 heavy (non-hydrogen) atoms. The summed E-state index contributed by atoms with van der Waals surface area (Å²) in [4.78, 5) is 35.5. The van der Waals surface area contributed by atoms with E-state index in [0.717, 1.165) is 38.5 Å². The molecule has 10 atom stereocenters. The summed E-state index contributed by atoms with van der Waals surface area (Å²) in [5, 5.41) is 9.02. The van der Waals surface area contributed by atoms with Gasteiger partial charge in [0.15, 0.2) is 0 Å². The summed E-state index contributed by atoms with van der Waals surface area (Å²) in [5.74, 6) is 1.19. The number of hydrogen-bond acceptors (Lipinski definition) is 5. The second-order valence-electron chi connectivity index (χ2n) is 16.6. The zero-order valence-electron chi connectivity index (χ0n) is 27.4. The Balaban J connectivity index is 1.42. The van der Waals surface area contributed by atoms with Gasteiger partial charge in [0.05, 0.1) is 19.4 Å². The van der Waals surface area contributed by atoms with Gasteiger partial charge in [-0.05, 0) is 117 Å². The molecule has 1 N–H and O–H groups in total. The molecule has 0 unspecified atom stereocenters. The number of carbonyl (C=O) groups is 3. The van der Waals surface area contributed by atoms with E-state index in [4.69, 9.17) is 14.6 Å². The van der Waals surface area contributed by atoms with E-state index in [1.807, 2.05) is 0 Å². The molecule has 0 spiro atoms. The molecule has 0 bridgehead atoms. The van der Waals surface area contributed by atoms with Gasteiger partial charge in [-0.15, -0.1) is 0 Å². The molecule has 0 aromatic rings. The minimum absolute atomic E-state index is 0.0599. The first-order valence-electron chi connectivity index (χ1n) is 16.7. The summed E-state index contributed by atoms with van der Waals surface area (Å²) in [5.41, 5.74) is 1.83. The summed E-state index contributed by atoms with van der Waals surface area (Å²) in [7, 11) is 0. The van der Waals surface area contributed by atoms with Gasteiger partial charge in [0.1, 0.15) is 6.10 Å². The van der Waals surface area contributed by atoms with Crippen LogP contribution < -0.4 is 0 Å². The average Bonchev–Trinajstić information content (AvgIpc) is 3.29. The van der Waals surface area contributed by atoms with Crippen LogP contribution in [0.1, 0.15) is 126 Å². The van der Waals surface area contributed by atoms with Crippen molar-refractivity contribution in [1.82, 2.24) is 0 Å². The lowest BCUT2D eigenvalue weighted by molar-refractivity contribution is -0.252. The van der Waals surface area contributed by atoms with Gasteiger partial charge in [0.25, 0.3) is 0 Å². The van der Waals surface area contributed by atoms with Crippen molar-refractivity contribution in [2.75, 3.05) is 6.61 Å². The van der Waals surface area contributed by atoms with Crippen molar-refractivity contribution in [3.63, 3.8) is 0 Å². The Morgan fingerprint density at radius 1 is 0.810 bits per heavy atom. The number of carboxylic acids is 1. The van der Waals surface area contributed by atoms with Gasteiger partial charge in [-0.1, -0.05) is 46.8 Å². The number of carbonyl (C=O) groups excluding carboxylic acids is 2. The van der Waals surface area contributed by atoms with Crippen LogP contribution in [0.4, 0.5) is 0 Å². The third kappa shape index (κ3) is 4.67. The highest BCUT2D eigenvalue weighted by Gasteiger charge is 2.71. The fourth-order valence-corrected chi connectivity index (χ4v) is 12.4. The van der Waals surface area contributed by atoms with Crippen LogP contribution in [0.5, 0.6) is 0 Å². The molecular weight excluding hydrogens is 528 g/mol. The van der Waals surface area contributed by atoms with Crippen LogP contribution in [-0.4, -0.2) is 35.7 Å². The molecule has 5 aliphatic carbocycles. The molecule has 0 aliphatic heterocycles. The van der Waals surface area contributed by atoms with E-state index in [0.29, 0.717) is 36.2 Å². The average molecular weight is 585 g/mol. The molecule has 5 fully saturated rings. The maximum Gasteiger partial charge on any atom is 0.306 e. The second kappa shape index (κ2) is 10.6. The molecule has 0 aromatic heterocycles. The van der Waals surface area contributed by atoms with Crippen molar-refractivity contribution >= 4 is 17.9 Å². The lowest BCUT2D eigenvalue weighted by Gasteiger charge is -2.73. The second-order valence-corrected chi connectivity index (χ2v) is 16.6. The summed E-state index contributed by atoms with van der Waals surface area (Å²) in [6.45, 7) is 21.2. The highest BCUT2D eigenvalue weighted by atomic mass is 16.5. The quantitative estimate of drug-likeness (QED) is 0.241. The van der Waals surface area contributed by atoms with Gasteiger partial charge in [-0.25, -0.2) is 0 Å². The molecule has 236 valence electrons. The van der Waals surface area contributed by atoms with Crippen molar-refractivity contribution in [2.24, 2.45) is 56.7 Å². The predicted octanol–water partition coefficient (Wildman–Crippen LogP) is 7.98. The van der Waals surface area contributed by atoms with Crippen LogP contribution in [0.25, 0.3) is 0 Å². The van der Waals surface area contributed by atoms with Crippen molar-refractivity contribution < 1.29 is 29.0 Å².